The average Bonchev–Trinajstić information content (AvgIpc) is 3.24. The van der Waals surface area contributed by atoms with Gasteiger partial charge in [-0.05, 0) is 49.4 Å². The van der Waals surface area contributed by atoms with Crippen molar-refractivity contribution in [2.75, 3.05) is 31.6 Å². The summed E-state index contributed by atoms with van der Waals surface area (Å²) in [4.78, 5) is 27.8. The van der Waals surface area contributed by atoms with Gasteiger partial charge in [-0.1, -0.05) is 18.2 Å². The number of anilines is 1. The highest BCUT2D eigenvalue weighted by Crippen LogP contribution is 2.22. The van der Waals surface area contributed by atoms with Crippen LogP contribution in [0.5, 0.6) is 0 Å². The highest BCUT2D eigenvalue weighted by atomic mass is 32.1. The van der Waals surface area contributed by atoms with Crippen molar-refractivity contribution in [1.29, 1.82) is 0 Å². The van der Waals surface area contributed by atoms with E-state index in [1.807, 2.05) is 28.5 Å². The second kappa shape index (κ2) is 9.64. The smallest absolute Gasteiger partial charge is 0.265 e. The monoisotopic (exact) mass is 387 g/mol. The van der Waals surface area contributed by atoms with E-state index in [9.17, 15) is 9.59 Å². The van der Waals surface area contributed by atoms with Crippen molar-refractivity contribution in [3.63, 3.8) is 0 Å². The van der Waals surface area contributed by atoms with Crippen LogP contribution in [-0.2, 0) is 4.74 Å². The standard InChI is InChI=1S/C20H25N3O3S/c21-10-4-13-26-15-8-11-23(12-9-15)20(25)16-5-1-2-6-17(16)22-19(24)18-7-3-14-27-18/h1-3,5-7,14-15H,4,8-13,21H2,(H,22,24). The Balaban J connectivity index is 1.61. The Morgan fingerprint density at radius 1 is 1.19 bits per heavy atom. The van der Waals surface area contributed by atoms with E-state index >= 15 is 0 Å². The zero-order chi connectivity index (χ0) is 19.1. The summed E-state index contributed by atoms with van der Waals surface area (Å²) < 4.78 is 5.80. The third kappa shape index (κ3) is 5.15. The molecular weight excluding hydrogens is 362 g/mol. The Morgan fingerprint density at radius 2 is 1.96 bits per heavy atom. The molecule has 3 N–H and O–H groups in total. The Bertz CT molecular complexity index is 756. The molecule has 1 saturated heterocycles. The van der Waals surface area contributed by atoms with Gasteiger partial charge in [0.15, 0.2) is 0 Å². The van der Waals surface area contributed by atoms with Crippen molar-refractivity contribution >= 4 is 28.8 Å². The van der Waals surface area contributed by atoms with Gasteiger partial charge in [0.1, 0.15) is 0 Å². The number of carbonyl (C=O) groups excluding carboxylic acids is 2. The fourth-order valence-electron chi connectivity index (χ4n) is 3.10. The van der Waals surface area contributed by atoms with Crippen LogP contribution in [0.4, 0.5) is 5.69 Å². The molecule has 0 radical (unpaired) electrons. The van der Waals surface area contributed by atoms with Gasteiger partial charge in [0.25, 0.3) is 11.8 Å². The number of amides is 2. The first kappa shape index (κ1) is 19.5. The molecule has 6 nitrogen and oxygen atoms in total. The second-order valence-electron chi connectivity index (χ2n) is 6.48. The zero-order valence-electron chi connectivity index (χ0n) is 15.2. The number of nitrogens with one attached hydrogen (secondary N) is 1. The van der Waals surface area contributed by atoms with Gasteiger partial charge in [0.2, 0.25) is 0 Å². The molecule has 0 saturated carbocycles. The minimum absolute atomic E-state index is 0.0579. The molecule has 0 bridgehead atoms. The van der Waals surface area contributed by atoms with Crippen LogP contribution < -0.4 is 11.1 Å². The van der Waals surface area contributed by atoms with Crippen LogP contribution in [0.3, 0.4) is 0 Å². The number of hydrogen-bond donors (Lipinski definition) is 2. The molecule has 1 aliphatic heterocycles. The van der Waals surface area contributed by atoms with Crippen LogP contribution in [0.1, 0.15) is 39.3 Å². The average molecular weight is 388 g/mol. The van der Waals surface area contributed by atoms with Crippen molar-refractivity contribution < 1.29 is 14.3 Å². The lowest BCUT2D eigenvalue weighted by Gasteiger charge is -2.32. The van der Waals surface area contributed by atoms with Crippen LogP contribution >= 0.6 is 11.3 Å². The maximum absolute atomic E-state index is 13.0. The first-order valence-electron chi connectivity index (χ1n) is 9.24. The van der Waals surface area contributed by atoms with Crippen LogP contribution in [0, 0.1) is 0 Å². The quantitative estimate of drug-likeness (QED) is 0.716. The number of likely N-dealkylation sites (tertiary alicyclic amines) is 1. The lowest BCUT2D eigenvalue weighted by Crippen LogP contribution is -2.41. The molecular formula is C20H25N3O3S. The predicted molar refractivity (Wildman–Crippen MR) is 107 cm³/mol. The molecule has 2 amide bonds. The predicted octanol–water partition coefficient (Wildman–Crippen LogP) is 2.97. The molecule has 27 heavy (non-hydrogen) atoms. The van der Waals surface area contributed by atoms with Crippen molar-refractivity contribution in [3.05, 3.63) is 52.2 Å². The van der Waals surface area contributed by atoms with Crippen LogP contribution in [0.2, 0.25) is 0 Å². The summed E-state index contributed by atoms with van der Waals surface area (Å²) >= 11 is 1.37. The molecule has 144 valence electrons. The number of nitrogens with two attached hydrogens (primary N) is 1. The highest BCUT2D eigenvalue weighted by Gasteiger charge is 2.25. The van der Waals surface area contributed by atoms with Gasteiger partial charge in [-0.25, -0.2) is 0 Å². The van der Waals surface area contributed by atoms with E-state index in [0.29, 0.717) is 42.4 Å². The molecule has 1 aromatic carbocycles. The van der Waals surface area contributed by atoms with Crippen molar-refractivity contribution in [2.24, 2.45) is 5.73 Å². The number of thiophene rings is 1. The Kier molecular flexibility index (Phi) is 6.98. The molecule has 1 fully saturated rings. The molecule has 3 rings (SSSR count). The van der Waals surface area contributed by atoms with Gasteiger partial charge in [-0.15, -0.1) is 11.3 Å². The molecule has 0 unspecified atom stereocenters. The van der Waals surface area contributed by atoms with Gasteiger partial charge >= 0.3 is 0 Å². The number of hydrogen-bond acceptors (Lipinski definition) is 5. The molecule has 2 aromatic rings. The number of ether oxygens (including phenoxy) is 1. The topological polar surface area (TPSA) is 84.7 Å². The third-order valence-electron chi connectivity index (χ3n) is 4.58. The van der Waals surface area contributed by atoms with Crippen LogP contribution in [0.15, 0.2) is 41.8 Å². The van der Waals surface area contributed by atoms with Gasteiger partial charge in [-0.2, -0.15) is 0 Å². The van der Waals surface area contributed by atoms with E-state index in [1.54, 1.807) is 18.2 Å². The highest BCUT2D eigenvalue weighted by molar-refractivity contribution is 7.12. The van der Waals surface area contributed by atoms with E-state index in [2.05, 4.69) is 5.32 Å². The molecule has 0 aliphatic carbocycles. The second-order valence-corrected chi connectivity index (χ2v) is 7.43. The maximum atomic E-state index is 13.0. The molecule has 2 heterocycles. The Labute approximate surface area is 163 Å². The number of carbonyl (C=O) groups is 2. The Hall–Kier alpha value is -2.22. The van der Waals surface area contributed by atoms with Gasteiger partial charge in [-0.3, -0.25) is 9.59 Å². The number of para-hydroxylation sites is 1. The summed E-state index contributed by atoms with van der Waals surface area (Å²) in [5, 5.41) is 4.72. The maximum Gasteiger partial charge on any atom is 0.265 e. The summed E-state index contributed by atoms with van der Waals surface area (Å²) in [6.07, 6.45) is 2.69. The van der Waals surface area contributed by atoms with Crippen molar-refractivity contribution in [3.8, 4) is 0 Å². The molecule has 0 spiro atoms. The van der Waals surface area contributed by atoms with E-state index in [4.69, 9.17) is 10.5 Å². The normalized spacial score (nSPS) is 14.9. The van der Waals surface area contributed by atoms with Gasteiger partial charge in [0.05, 0.1) is 22.2 Å². The minimum atomic E-state index is -0.197. The van der Waals surface area contributed by atoms with E-state index < -0.39 is 0 Å². The minimum Gasteiger partial charge on any atom is -0.378 e. The SMILES string of the molecule is NCCCOC1CCN(C(=O)c2ccccc2NC(=O)c2cccs2)CC1. The summed E-state index contributed by atoms with van der Waals surface area (Å²) in [5.41, 5.74) is 6.55. The van der Waals surface area contributed by atoms with Gasteiger partial charge < -0.3 is 20.7 Å². The number of benzene rings is 1. The lowest BCUT2D eigenvalue weighted by atomic mass is 10.1. The molecule has 1 aliphatic rings. The fourth-order valence-corrected chi connectivity index (χ4v) is 3.72. The number of rotatable bonds is 7. The van der Waals surface area contributed by atoms with Gasteiger partial charge in [0, 0.05) is 19.7 Å². The van der Waals surface area contributed by atoms with Crippen LogP contribution in [-0.4, -0.2) is 49.1 Å². The first-order chi connectivity index (χ1) is 13.2. The lowest BCUT2D eigenvalue weighted by molar-refractivity contribution is 0.00847. The number of nitrogens with zero attached hydrogens (tertiary/aromatic N) is 1. The van der Waals surface area contributed by atoms with Crippen LogP contribution in [0.25, 0.3) is 0 Å². The summed E-state index contributed by atoms with van der Waals surface area (Å²) in [6.45, 7) is 2.61. The molecule has 7 heteroatoms. The molecule has 0 atom stereocenters. The van der Waals surface area contributed by atoms with Crippen molar-refractivity contribution in [2.45, 2.75) is 25.4 Å². The first-order valence-corrected chi connectivity index (χ1v) is 10.1. The van der Waals surface area contributed by atoms with Crippen molar-refractivity contribution in [1.82, 2.24) is 4.90 Å². The van der Waals surface area contributed by atoms with E-state index in [-0.39, 0.29) is 17.9 Å². The number of piperidine rings is 1. The summed E-state index contributed by atoms with van der Waals surface area (Å²) in [7, 11) is 0. The Morgan fingerprint density at radius 3 is 2.67 bits per heavy atom. The zero-order valence-corrected chi connectivity index (χ0v) is 16.0. The largest absolute Gasteiger partial charge is 0.378 e. The van der Waals surface area contributed by atoms with E-state index in [1.165, 1.54) is 11.3 Å². The summed E-state index contributed by atoms with van der Waals surface area (Å²) in [6, 6.07) is 10.8. The molecule has 1 aromatic heterocycles. The van der Waals surface area contributed by atoms with E-state index in [0.717, 1.165) is 19.3 Å². The summed E-state index contributed by atoms with van der Waals surface area (Å²) in [5.74, 6) is -0.255. The third-order valence-corrected chi connectivity index (χ3v) is 5.45. The fraction of sp³-hybridized carbons (Fsp3) is 0.400.